The molecule has 1 heterocycles. The van der Waals surface area contributed by atoms with Gasteiger partial charge in [-0.2, -0.15) is 0 Å². The van der Waals surface area contributed by atoms with E-state index in [0.717, 1.165) is 25.0 Å². The van der Waals surface area contributed by atoms with Crippen molar-refractivity contribution in [2.75, 3.05) is 31.5 Å². The molecule has 2 N–H and O–H groups in total. The highest BCUT2D eigenvalue weighted by atomic mass is 16.2. The zero-order chi connectivity index (χ0) is 16.8. The Bertz CT molecular complexity index is 735. The molecule has 0 spiro atoms. The summed E-state index contributed by atoms with van der Waals surface area (Å²) in [6.07, 6.45) is 1.65. The Balaban J connectivity index is 2.08. The number of anilines is 1. The molecule has 1 aromatic carbocycles. The first-order valence-electron chi connectivity index (χ1n) is 7.92. The predicted molar refractivity (Wildman–Crippen MR) is 94.0 cm³/mol. The van der Waals surface area contributed by atoms with Crippen LogP contribution in [-0.4, -0.2) is 41.7 Å². The van der Waals surface area contributed by atoms with Crippen LogP contribution >= 0.6 is 0 Å². The van der Waals surface area contributed by atoms with E-state index in [4.69, 9.17) is 0 Å². The Morgan fingerprint density at radius 3 is 2.48 bits per heavy atom. The number of urea groups is 1. The van der Waals surface area contributed by atoms with Crippen LogP contribution in [0.3, 0.4) is 0 Å². The van der Waals surface area contributed by atoms with Crippen molar-refractivity contribution in [2.45, 2.75) is 13.8 Å². The number of aromatic nitrogens is 1. The van der Waals surface area contributed by atoms with Crippen molar-refractivity contribution < 1.29 is 4.79 Å². The van der Waals surface area contributed by atoms with Crippen LogP contribution in [0.25, 0.3) is 10.8 Å². The largest absolute Gasteiger partial charge is 0.337 e. The first-order valence-corrected chi connectivity index (χ1v) is 7.92. The van der Waals surface area contributed by atoms with E-state index in [1.54, 1.807) is 19.3 Å². The molecule has 1 aromatic heterocycles. The van der Waals surface area contributed by atoms with Gasteiger partial charge in [0.25, 0.3) is 5.56 Å². The molecule has 2 amide bonds. The summed E-state index contributed by atoms with van der Waals surface area (Å²) in [5.74, 6) is 0. The van der Waals surface area contributed by atoms with Gasteiger partial charge in [0, 0.05) is 37.1 Å². The van der Waals surface area contributed by atoms with Crippen LogP contribution in [0.5, 0.6) is 0 Å². The van der Waals surface area contributed by atoms with Gasteiger partial charge in [-0.1, -0.05) is 32.0 Å². The van der Waals surface area contributed by atoms with E-state index in [9.17, 15) is 9.59 Å². The van der Waals surface area contributed by atoms with E-state index >= 15 is 0 Å². The summed E-state index contributed by atoms with van der Waals surface area (Å²) in [6, 6.07) is 7.01. The lowest BCUT2D eigenvalue weighted by Crippen LogP contribution is -2.37. The summed E-state index contributed by atoms with van der Waals surface area (Å²) >= 11 is 0. The maximum Gasteiger partial charge on any atom is 0.319 e. The summed E-state index contributed by atoms with van der Waals surface area (Å²) in [7, 11) is 1.68. The normalized spacial score (nSPS) is 11.0. The van der Waals surface area contributed by atoms with E-state index in [-0.39, 0.29) is 11.6 Å². The zero-order valence-electron chi connectivity index (χ0n) is 13.9. The molecule has 23 heavy (non-hydrogen) atoms. The fourth-order valence-electron chi connectivity index (χ4n) is 2.55. The molecule has 6 nitrogen and oxygen atoms in total. The number of hydrogen-bond donors (Lipinski definition) is 2. The van der Waals surface area contributed by atoms with Crippen molar-refractivity contribution in [1.29, 1.82) is 0 Å². The minimum absolute atomic E-state index is 0.0758. The van der Waals surface area contributed by atoms with Gasteiger partial charge in [-0.15, -0.1) is 0 Å². The number of pyridine rings is 1. The Kier molecular flexibility index (Phi) is 5.76. The number of rotatable bonds is 6. The lowest BCUT2D eigenvalue weighted by Gasteiger charge is -2.18. The first kappa shape index (κ1) is 17.0. The predicted octanol–water partition coefficient (Wildman–Crippen LogP) is 2.00. The number of benzene rings is 1. The SMILES string of the molecule is CCN(CC)CCNC(=O)Nc1cn(C)c(=O)c2ccccc12. The van der Waals surface area contributed by atoms with Crippen LogP contribution in [0.4, 0.5) is 10.5 Å². The van der Waals surface area contributed by atoms with E-state index in [2.05, 4.69) is 29.4 Å². The average molecular weight is 316 g/mol. The molecule has 2 rings (SSSR count). The number of nitrogens with one attached hydrogen (secondary N) is 2. The van der Waals surface area contributed by atoms with E-state index in [1.807, 2.05) is 18.2 Å². The Morgan fingerprint density at radius 2 is 1.83 bits per heavy atom. The summed E-state index contributed by atoms with van der Waals surface area (Å²) in [5.41, 5.74) is 0.552. The monoisotopic (exact) mass is 316 g/mol. The zero-order valence-corrected chi connectivity index (χ0v) is 13.9. The van der Waals surface area contributed by atoms with Gasteiger partial charge in [0.15, 0.2) is 0 Å². The number of likely N-dealkylation sites (N-methyl/N-ethyl adjacent to an activating group) is 1. The van der Waals surface area contributed by atoms with Gasteiger partial charge in [0.05, 0.1) is 5.69 Å². The molecule has 124 valence electrons. The molecular weight excluding hydrogens is 292 g/mol. The average Bonchev–Trinajstić information content (AvgIpc) is 2.56. The highest BCUT2D eigenvalue weighted by molar-refractivity contribution is 6.00. The summed E-state index contributed by atoms with van der Waals surface area (Å²) < 4.78 is 1.48. The molecule has 0 atom stereocenters. The van der Waals surface area contributed by atoms with Crippen LogP contribution in [0.1, 0.15) is 13.8 Å². The molecule has 0 aliphatic carbocycles. The van der Waals surface area contributed by atoms with Crippen LogP contribution in [0, 0.1) is 0 Å². The van der Waals surface area contributed by atoms with Crippen molar-refractivity contribution in [3.63, 3.8) is 0 Å². The Labute approximate surface area is 136 Å². The van der Waals surface area contributed by atoms with E-state index < -0.39 is 0 Å². The van der Waals surface area contributed by atoms with Gasteiger partial charge < -0.3 is 20.1 Å². The maximum absolute atomic E-state index is 12.1. The highest BCUT2D eigenvalue weighted by Gasteiger charge is 2.09. The number of aryl methyl sites for hydroxylation is 1. The lowest BCUT2D eigenvalue weighted by atomic mass is 10.1. The number of amides is 2. The summed E-state index contributed by atoms with van der Waals surface area (Å²) in [6.45, 7) is 7.52. The number of nitrogens with zero attached hydrogens (tertiary/aromatic N) is 2. The molecule has 0 unspecified atom stereocenters. The van der Waals surface area contributed by atoms with Crippen molar-refractivity contribution in [2.24, 2.45) is 7.05 Å². The molecule has 6 heteroatoms. The second kappa shape index (κ2) is 7.78. The van der Waals surface area contributed by atoms with Gasteiger partial charge in [0.1, 0.15) is 0 Å². The molecule has 0 saturated heterocycles. The van der Waals surface area contributed by atoms with Crippen LogP contribution in [0.2, 0.25) is 0 Å². The molecule has 0 bridgehead atoms. The third-order valence-corrected chi connectivity index (χ3v) is 3.95. The third kappa shape index (κ3) is 4.10. The second-order valence-electron chi connectivity index (χ2n) is 5.41. The van der Waals surface area contributed by atoms with Crippen LogP contribution in [-0.2, 0) is 7.05 Å². The molecule has 0 aliphatic rings. The van der Waals surface area contributed by atoms with Crippen molar-refractivity contribution >= 4 is 22.5 Å². The number of hydrogen-bond acceptors (Lipinski definition) is 3. The first-order chi connectivity index (χ1) is 11.1. The van der Waals surface area contributed by atoms with Gasteiger partial charge in [-0.05, 0) is 19.2 Å². The molecular formula is C17H24N4O2. The fraction of sp³-hybridized carbons (Fsp3) is 0.412. The number of carbonyl (C=O) groups excluding carboxylic acids is 1. The van der Waals surface area contributed by atoms with Crippen molar-refractivity contribution in [1.82, 2.24) is 14.8 Å². The molecule has 2 aromatic rings. The van der Waals surface area contributed by atoms with Gasteiger partial charge in [-0.3, -0.25) is 4.79 Å². The summed E-state index contributed by atoms with van der Waals surface area (Å²) in [4.78, 5) is 26.4. The molecule has 0 saturated carbocycles. The molecule has 0 radical (unpaired) electrons. The lowest BCUT2D eigenvalue weighted by molar-refractivity contribution is 0.248. The second-order valence-corrected chi connectivity index (χ2v) is 5.41. The minimum atomic E-state index is -0.263. The fourth-order valence-corrected chi connectivity index (χ4v) is 2.55. The van der Waals surface area contributed by atoms with Gasteiger partial charge >= 0.3 is 6.03 Å². The Hall–Kier alpha value is -2.34. The number of carbonyl (C=O) groups is 1. The highest BCUT2D eigenvalue weighted by Crippen LogP contribution is 2.19. The van der Waals surface area contributed by atoms with Crippen molar-refractivity contribution in [3.05, 3.63) is 40.8 Å². The van der Waals surface area contributed by atoms with Gasteiger partial charge in [-0.25, -0.2) is 4.79 Å². The topological polar surface area (TPSA) is 66.4 Å². The van der Waals surface area contributed by atoms with Crippen molar-refractivity contribution in [3.8, 4) is 0 Å². The van der Waals surface area contributed by atoms with Crippen LogP contribution in [0.15, 0.2) is 35.3 Å². The Morgan fingerprint density at radius 1 is 1.17 bits per heavy atom. The molecule has 0 aliphatic heterocycles. The van der Waals surface area contributed by atoms with E-state index in [1.165, 1.54) is 4.57 Å². The third-order valence-electron chi connectivity index (χ3n) is 3.95. The smallest absolute Gasteiger partial charge is 0.319 e. The van der Waals surface area contributed by atoms with Gasteiger partial charge in [0.2, 0.25) is 0 Å². The van der Waals surface area contributed by atoms with Crippen LogP contribution < -0.4 is 16.2 Å². The quantitative estimate of drug-likeness (QED) is 0.856. The van der Waals surface area contributed by atoms with E-state index in [0.29, 0.717) is 17.6 Å². The summed E-state index contributed by atoms with van der Waals surface area (Å²) in [5, 5.41) is 7.02. The minimum Gasteiger partial charge on any atom is -0.337 e. The molecule has 0 fully saturated rings. The standard InChI is InChI=1S/C17H24N4O2/c1-4-21(5-2)11-10-18-17(23)19-15-12-20(3)16(22)14-9-7-6-8-13(14)15/h6-9,12H,4-5,10-11H2,1-3H3,(H2,18,19,23). The maximum atomic E-state index is 12.1. The number of fused-ring (bicyclic) bond motifs is 1.